The summed E-state index contributed by atoms with van der Waals surface area (Å²) in [5.74, 6) is 0.930. The topological polar surface area (TPSA) is 49.8 Å². The maximum atomic E-state index is 5.88. The summed E-state index contributed by atoms with van der Waals surface area (Å²) in [5, 5.41) is 7.05. The van der Waals surface area contributed by atoms with E-state index in [1.165, 1.54) is 24.8 Å². The van der Waals surface area contributed by atoms with Gasteiger partial charge in [-0.05, 0) is 30.9 Å². The highest BCUT2D eigenvalue weighted by molar-refractivity contribution is 6.28. The Bertz CT molecular complexity index is 389. The van der Waals surface area contributed by atoms with Gasteiger partial charge in [0.1, 0.15) is 5.82 Å². The molecular weight excluding hydrogens is 212 g/mol. The lowest BCUT2D eigenvalue weighted by molar-refractivity contribution is 0.444. The van der Waals surface area contributed by atoms with Crippen molar-refractivity contribution < 1.29 is 0 Å². The summed E-state index contributed by atoms with van der Waals surface area (Å²) in [6, 6.07) is 0.584. The van der Waals surface area contributed by atoms with E-state index < -0.39 is 0 Å². The molecule has 0 radical (unpaired) electrons. The quantitative estimate of drug-likeness (QED) is 0.751. The number of aromatic nitrogens is 2. The lowest BCUT2D eigenvalue weighted by Gasteiger charge is -2.27. The Morgan fingerprint density at radius 2 is 2.13 bits per heavy atom. The van der Waals surface area contributed by atoms with E-state index in [0.717, 1.165) is 24.6 Å². The fourth-order valence-corrected chi connectivity index (χ4v) is 2.19. The minimum absolute atomic E-state index is 0.347. The van der Waals surface area contributed by atoms with Crippen LogP contribution < -0.4 is 10.6 Å². The predicted molar refractivity (Wildman–Crippen MR) is 58.8 cm³/mol. The highest BCUT2D eigenvalue weighted by Gasteiger charge is 2.23. The largest absolute Gasteiger partial charge is 0.367 e. The molecule has 1 aliphatic carbocycles. The Morgan fingerprint density at radius 1 is 1.27 bits per heavy atom. The number of anilines is 1. The van der Waals surface area contributed by atoms with Crippen molar-refractivity contribution in [2.45, 2.75) is 38.4 Å². The molecule has 1 aromatic rings. The van der Waals surface area contributed by atoms with Crippen LogP contribution in [0.15, 0.2) is 0 Å². The first-order valence-electron chi connectivity index (χ1n) is 5.35. The van der Waals surface area contributed by atoms with Crippen molar-refractivity contribution in [1.29, 1.82) is 0 Å². The number of halogens is 1. The molecule has 1 aliphatic heterocycles. The molecule has 0 amide bonds. The lowest BCUT2D eigenvalue weighted by Crippen LogP contribution is -2.28. The second-order valence-corrected chi connectivity index (χ2v) is 4.48. The van der Waals surface area contributed by atoms with Gasteiger partial charge in [-0.25, -0.2) is 9.97 Å². The van der Waals surface area contributed by atoms with Crippen LogP contribution in [0.1, 0.15) is 30.5 Å². The fourth-order valence-electron chi connectivity index (χ4n) is 2.00. The van der Waals surface area contributed by atoms with Crippen molar-refractivity contribution in [3.63, 3.8) is 0 Å². The number of rotatable bonds is 2. The zero-order chi connectivity index (χ0) is 10.3. The third kappa shape index (κ3) is 1.68. The van der Waals surface area contributed by atoms with E-state index in [4.69, 9.17) is 11.6 Å². The van der Waals surface area contributed by atoms with Gasteiger partial charge < -0.3 is 10.6 Å². The van der Waals surface area contributed by atoms with Gasteiger partial charge in [0.15, 0.2) is 0 Å². The molecule has 15 heavy (non-hydrogen) atoms. The van der Waals surface area contributed by atoms with Crippen molar-refractivity contribution in [3.8, 4) is 0 Å². The van der Waals surface area contributed by atoms with Crippen LogP contribution in [0.3, 0.4) is 0 Å². The van der Waals surface area contributed by atoms with E-state index in [9.17, 15) is 0 Å². The zero-order valence-electron chi connectivity index (χ0n) is 8.39. The number of nitrogens with one attached hydrogen (secondary N) is 2. The maximum Gasteiger partial charge on any atom is 0.224 e. The van der Waals surface area contributed by atoms with Crippen LogP contribution in [-0.4, -0.2) is 16.0 Å². The van der Waals surface area contributed by atoms with Crippen molar-refractivity contribution in [2.24, 2.45) is 0 Å². The van der Waals surface area contributed by atoms with E-state index in [1.807, 2.05) is 0 Å². The monoisotopic (exact) mass is 224 g/mol. The molecule has 0 atom stereocenters. The van der Waals surface area contributed by atoms with Crippen molar-refractivity contribution in [1.82, 2.24) is 15.3 Å². The Morgan fingerprint density at radius 3 is 2.87 bits per heavy atom. The zero-order valence-corrected chi connectivity index (χ0v) is 9.14. The van der Waals surface area contributed by atoms with Gasteiger partial charge >= 0.3 is 0 Å². The van der Waals surface area contributed by atoms with Gasteiger partial charge in [0.05, 0.1) is 5.69 Å². The summed E-state index contributed by atoms with van der Waals surface area (Å²) >= 11 is 5.88. The molecule has 4 nitrogen and oxygen atoms in total. The number of nitrogens with zero attached hydrogens (tertiary/aromatic N) is 2. The number of fused-ring (bicyclic) bond motifs is 1. The number of hydrogen-bond donors (Lipinski definition) is 2. The SMILES string of the molecule is Clc1nc2c(c(NC3CCC3)n1)CNC2. The molecule has 1 aromatic heterocycles. The maximum absolute atomic E-state index is 5.88. The minimum atomic E-state index is 0.347. The van der Waals surface area contributed by atoms with Crippen LogP contribution in [0.2, 0.25) is 5.28 Å². The van der Waals surface area contributed by atoms with Crippen molar-refractivity contribution >= 4 is 17.4 Å². The number of hydrogen-bond acceptors (Lipinski definition) is 4. The first-order valence-corrected chi connectivity index (χ1v) is 5.73. The average molecular weight is 225 g/mol. The van der Waals surface area contributed by atoms with Crippen molar-refractivity contribution in [3.05, 3.63) is 16.5 Å². The molecule has 0 unspecified atom stereocenters. The molecule has 0 aromatic carbocycles. The lowest BCUT2D eigenvalue weighted by atomic mass is 9.93. The molecule has 5 heteroatoms. The predicted octanol–water partition coefficient (Wildman–Crippen LogP) is 1.70. The molecule has 0 bridgehead atoms. The summed E-state index contributed by atoms with van der Waals surface area (Å²) in [4.78, 5) is 8.49. The summed E-state index contributed by atoms with van der Waals surface area (Å²) in [6.07, 6.45) is 3.80. The molecule has 0 saturated heterocycles. The van der Waals surface area contributed by atoms with Crippen LogP contribution in [0, 0.1) is 0 Å². The first-order chi connectivity index (χ1) is 7.33. The van der Waals surface area contributed by atoms with Crippen LogP contribution in [-0.2, 0) is 13.1 Å². The van der Waals surface area contributed by atoms with Crippen LogP contribution in [0.5, 0.6) is 0 Å². The van der Waals surface area contributed by atoms with Gasteiger partial charge in [-0.15, -0.1) is 0 Å². The third-order valence-corrected chi connectivity index (χ3v) is 3.27. The average Bonchev–Trinajstić information content (AvgIpc) is 2.58. The summed E-state index contributed by atoms with van der Waals surface area (Å²) in [5.41, 5.74) is 2.23. The molecule has 80 valence electrons. The summed E-state index contributed by atoms with van der Waals surface area (Å²) in [7, 11) is 0. The van der Waals surface area contributed by atoms with Gasteiger partial charge in [0, 0.05) is 24.7 Å². The van der Waals surface area contributed by atoms with Gasteiger partial charge in [0.25, 0.3) is 0 Å². The summed E-state index contributed by atoms with van der Waals surface area (Å²) in [6.45, 7) is 1.65. The van der Waals surface area contributed by atoms with Crippen LogP contribution in [0.25, 0.3) is 0 Å². The summed E-state index contributed by atoms with van der Waals surface area (Å²) < 4.78 is 0. The smallest absolute Gasteiger partial charge is 0.224 e. The van der Waals surface area contributed by atoms with E-state index in [-0.39, 0.29) is 0 Å². The van der Waals surface area contributed by atoms with Gasteiger partial charge in [-0.3, -0.25) is 0 Å². The van der Waals surface area contributed by atoms with E-state index >= 15 is 0 Å². The minimum Gasteiger partial charge on any atom is -0.367 e. The molecule has 2 N–H and O–H groups in total. The van der Waals surface area contributed by atoms with Gasteiger partial charge in [-0.1, -0.05) is 0 Å². The van der Waals surface area contributed by atoms with Gasteiger partial charge in [0.2, 0.25) is 5.28 Å². The Balaban J connectivity index is 1.91. The van der Waals surface area contributed by atoms with E-state index in [1.54, 1.807) is 0 Å². The second kappa shape index (κ2) is 3.61. The molecule has 2 heterocycles. The molecule has 3 rings (SSSR count). The Hall–Kier alpha value is -0.870. The molecule has 2 aliphatic rings. The Labute approximate surface area is 93.5 Å². The van der Waals surface area contributed by atoms with E-state index in [2.05, 4.69) is 20.6 Å². The first kappa shape index (κ1) is 9.36. The second-order valence-electron chi connectivity index (χ2n) is 4.14. The molecule has 1 saturated carbocycles. The highest BCUT2D eigenvalue weighted by atomic mass is 35.5. The fraction of sp³-hybridized carbons (Fsp3) is 0.600. The van der Waals surface area contributed by atoms with E-state index in [0.29, 0.717) is 11.3 Å². The standard InChI is InChI=1S/C10H13ClN4/c11-10-14-8-5-12-4-7(8)9(15-10)13-6-2-1-3-6/h6,12H,1-5H2,(H,13,14,15). The normalized spacial score (nSPS) is 19.8. The Kier molecular flexibility index (Phi) is 2.25. The molecule has 0 spiro atoms. The highest BCUT2D eigenvalue weighted by Crippen LogP contribution is 2.27. The van der Waals surface area contributed by atoms with Crippen LogP contribution in [0.4, 0.5) is 5.82 Å². The molecular formula is C10H13ClN4. The molecule has 1 fully saturated rings. The van der Waals surface area contributed by atoms with Gasteiger partial charge in [-0.2, -0.15) is 0 Å². The van der Waals surface area contributed by atoms with Crippen LogP contribution >= 0.6 is 11.6 Å². The third-order valence-electron chi connectivity index (χ3n) is 3.11. The van der Waals surface area contributed by atoms with Crippen molar-refractivity contribution in [2.75, 3.05) is 5.32 Å².